The second-order valence-electron chi connectivity index (χ2n) is 8.99. The number of carbonyl (C=O) groups excluding carboxylic acids is 2. The number of halogens is 1. The number of fused-ring (bicyclic) bond motifs is 1. The molecule has 0 bridgehead atoms. The highest BCUT2D eigenvalue weighted by molar-refractivity contribution is 6.29. The van der Waals surface area contributed by atoms with E-state index in [4.69, 9.17) is 16.3 Å². The molecule has 174 valence electrons. The Labute approximate surface area is 204 Å². The molecule has 1 aliphatic rings. The van der Waals surface area contributed by atoms with Gasteiger partial charge in [-0.25, -0.2) is 4.98 Å². The molecule has 6 nitrogen and oxygen atoms in total. The zero-order chi connectivity index (χ0) is 24.5. The van der Waals surface area contributed by atoms with Crippen LogP contribution >= 0.6 is 11.6 Å². The van der Waals surface area contributed by atoms with Crippen molar-refractivity contribution in [3.05, 3.63) is 93.8 Å². The highest BCUT2D eigenvalue weighted by Crippen LogP contribution is 2.32. The van der Waals surface area contributed by atoms with E-state index in [-0.39, 0.29) is 22.4 Å². The van der Waals surface area contributed by atoms with Crippen LogP contribution in [0.2, 0.25) is 5.15 Å². The molecule has 2 heterocycles. The number of benzene rings is 2. The second kappa shape index (κ2) is 9.31. The van der Waals surface area contributed by atoms with Gasteiger partial charge in [0.2, 0.25) is 0 Å². The standard InChI is InChI=1S/C27H26ClN3O3/c1-16-10-19(12-25(28)29-16)26(33)30-20-7-5-6-17(11-20)24(32)14-23-22-13-21(34-4)9-8-18(22)15-27(2,3)31-23/h5-14,31H,15H2,1-4H3,(H,30,33)/b23-14-. The van der Waals surface area contributed by atoms with Crippen molar-refractivity contribution >= 4 is 34.7 Å². The Morgan fingerprint density at radius 2 is 1.91 bits per heavy atom. The van der Waals surface area contributed by atoms with Gasteiger partial charge in [0.1, 0.15) is 10.9 Å². The number of amides is 1. The van der Waals surface area contributed by atoms with Crippen LogP contribution in [-0.2, 0) is 6.42 Å². The number of pyridine rings is 1. The summed E-state index contributed by atoms with van der Waals surface area (Å²) in [4.78, 5) is 29.9. The number of carbonyl (C=O) groups is 2. The first-order chi connectivity index (χ1) is 16.1. The molecule has 0 unspecified atom stereocenters. The SMILES string of the molecule is COc1ccc2c(c1)/C(=C/C(=O)c1cccc(NC(=O)c3cc(C)nc(Cl)c3)c1)NC(C)(C)C2. The predicted octanol–water partition coefficient (Wildman–Crippen LogP) is 5.45. The van der Waals surface area contributed by atoms with Crippen LogP contribution in [-0.4, -0.2) is 29.3 Å². The van der Waals surface area contributed by atoms with E-state index in [2.05, 4.69) is 29.5 Å². The Hall–Kier alpha value is -3.64. The Kier molecular flexibility index (Phi) is 6.44. The van der Waals surface area contributed by atoms with Gasteiger partial charge in [0.25, 0.3) is 5.91 Å². The van der Waals surface area contributed by atoms with Crippen molar-refractivity contribution in [2.75, 3.05) is 12.4 Å². The van der Waals surface area contributed by atoms with Gasteiger partial charge in [0, 0.05) is 45.4 Å². The molecule has 2 aromatic carbocycles. The minimum absolute atomic E-state index is 0.173. The molecule has 4 rings (SSSR count). The topological polar surface area (TPSA) is 80.3 Å². The number of allylic oxidation sites excluding steroid dienone is 1. The highest BCUT2D eigenvalue weighted by Gasteiger charge is 2.28. The van der Waals surface area contributed by atoms with E-state index < -0.39 is 0 Å². The van der Waals surface area contributed by atoms with E-state index >= 15 is 0 Å². The van der Waals surface area contributed by atoms with Gasteiger partial charge in [-0.15, -0.1) is 0 Å². The van der Waals surface area contributed by atoms with E-state index in [0.29, 0.717) is 22.5 Å². The molecule has 0 atom stereocenters. The third kappa shape index (κ3) is 5.29. The molecule has 1 aromatic heterocycles. The van der Waals surface area contributed by atoms with Gasteiger partial charge in [-0.3, -0.25) is 9.59 Å². The summed E-state index contributed by atoms with van der Waals surface area (Å²) in [6.07, 6.45) is 2.43. The lowest BCUT2D eigenvalue weighted by Gasteiger charge is -2.35. The summed E-state index contributed by atoms with van der Waals surface area (Å²) < 4.78 is 5.38. The maximum absolute atomic E-state index is 13.2. The molecule has 1 aliphatic heterocycles. The van der Waals surface area contributed by atoms with Gasteiger partial charge in [0.15, 0.2) is 5.78 Å². The van der Waals surface area contributed by atoms with Crippen LogP contribution in [0.5, 0.6) is 5.75 Å². The number of nitrogens with zero attached hydrogens (tertiary/aromatic N) is 1. The summed E-state index contributed by atoms with van der Waals surface area (Å²) in [5.41, 5.74) is 4.66. The highest BCUT2D eigenvalue weighted by atomic mass is 35.5. The van der Waals surface area contributed by atoms with Gasteiger partial charge in [0.05, 0.1) is 7.11 Å². The van der Waals surface area contributed by atoms with Gasteiger partial charge >= 0.3 is 0 Å². The Morgan fingerprint density at radius 1 is 1.12 bits per heavy atom. The maximum Gasteiger partial charge on any atom is 0.255 e. The molecule has 0 spiro atoms. The zero-order valence-electron chi connectivity index (χ0n) is 19.5. The molecule has 2 N–H and O–H groups in total. The monoisotopic (exact) mass is 475 g/mol. The quantitative estimate of drug-likeness (QED) is 0.291. The molecular formula is C27H26ClN3O3. The lowest BCUT2D eigenvalue weighted by molar-refractivity contribution is 0.102. The van der Waals surface area contributed by atoms with Crippen LogP contribution in [0, 0.1) is 6.92 Å². The largest absolute Gasteiger partial charge is 0.497 e. The zero-order valence-corrected chi connectivity index (χ0v) is 20.3. The third-order valence-corrected chi connectivity index (χ3v) is 5.77. The summed E-state index contributed by atoms with van der Waals surface area (Å²) in [7, 11) is 1.62. The van der Waals surface area contributed by atoms with Crippen LogP contribution in [0.4, 0.5) is 5.69 Å². The summed E-state index contributed by atoms with van der Waals surface area (Å²) in [6, 6.07) is 15.9. The summed E-state index contributed by atoms with van der Waals surface area (Å²) in [6.45, 7) is 5.97. The summed E-state index contributed by atoms with van der Waals surface area (Å²) in [5.74, 6) is 0.231. The number of aromatic nitrogens is 1. The van der Waals surface area contributed by atoms with Crippen molar-refractivity contribution in [3.8, 4) is 5.75 Å². The van der Waals surface area contributed by atoms with E-state index in [9.17, 15) is 9.59 Å². The van der Waals surface area contributed by atoms with E-state index in [0.717, 1.165) is 29.0 Å². The van der Waals surface area contributed by atoms with Crippen LogP contribution in [0.1, 0.15) is 51.4 Å². The van der Waals surface area contributed by atoms with Gasteiger partial charge < -0.3 is 15.4 Å². The molecule has 0 saturated carbocycles. The first kappa shape index (κ1) is 23.5. The number of aryl methyl sites for hydroxylation is 1. The van der Waals surface area contributed by atoms with Gasteiger partial charge in [-0.05, 0) is 69.2 Å². The first-order valence-corrected chi connectivity index (χ1v) is 11.3. The Morgan fingerprint density at radius 3 is 2.65 bits per heavy atom. The molecular weight excluding hydrogens is 450 g/mol. The fraction of sp³-hybridized carbons (Fsp3) is 0.222. The van der Waals surface area contributed by atoms with Crippen molar-refractivity contribution in [1.82, 2.24) is 10.3 Å². The van der Waals surface area contributed by atoms with Crippen molar-refractivity contribution in [1.29, 1.82) is 0 Å². The molecule has 0 radical (unpaired) electrons. The number of nitrogens with one attached hydrogen (secondary N) is 2. The number of methoxy groups -OCH3 is 1. The molecule has 0 fully saturated rings. The van der Waals surface area contributed by atoms with Gasteiger partial charge in [-0.2, -0.15) is 0 Å². The van der Waals surface area contributed by atoms with Crippen molar-refractivity contribution in [3.63, 3.8) is 0 Å². The third-order valence-electron chi connectivity index (χ3n) is 5.58. The Bertz CT molecular complexity index is 1290. The maximum atomic E-state index is 13.2. The predicted molar refractivity (Wildman–Crippen MR) is 135 cm³/mol. The smallest absolute Gasteiger partial charge is 0.255 e. The Balaban J connectivity index is 1.61. The molecule has 0 saturated heterocycles. The molecule has 34 heavy (non-hydrogen) atoms. The summed E-state index contributed by atoms with van der Waals surface area (Å²) in [5, 5.41) is 6.55. The molecule has 1 amide bonds. The summed E-state index contributed by atoms with van der Waals surface area (Å²) >= 11 is 5.98. The fourth-order valence-electron chi connectivity index (χ4n) is 4.08. The van der Waals surface area contributed by atoms with Crippen LogP contribution in [0.25, 0.3) is 5.70 Å². The lowest BCUT2D eigenvalue weighted by atomic mass is 9.85. The number of rotatable bonds is 5. The number of ether oxygens (including phenoxy) is 1. The van der Waals surface area contributed by atoms with Crippen molar-refractivity contribution in [2.24, 2.45) is 0 Å². The molecule has 7 heteroatoms. The second-order valence-corrected chi connectivity index (χ2v) is 9.37. The average Bonchev–Trinajstić information content (AvgIpc) is 2.77. The number of hydrogen-bond donors (Lipinski definition) is 2. The number of anilines is 1. The minimum atomic E-state index is -0.327. The first-order valence-electron chi connectivity index (χ1n) is 10.9. The molecule has 3 aromatic rings. The fourth-order valence-corrected chi connectivity index (χ4v) is 4.33. The van der Waals surface area contributed by atoms with Crippen molar-refractivity contribution < 1.29 is 14.3 Å². The lowest BCUT2D eigenvalue weighted by Crippen LogP contribution is -2.43. The molecule has 0 aliphatic carbocycles. The normalized spacial score (nSPS) is 15.3. The van der Waals surface area contributed by atoms with Crippen LogP contribution in [0.3, 0.4) is 0 Å². The van der Waals surface area contributed by atoms with Crippen LogP contribution < -0.4 is 15.4 Å². The van der Waals surface area contributed by atoms with Crippen molar-refractivity contribution in [2.45, 2.75) is 32.7 Å². The number of ketones is 1. The van der Waals surface area contributed by atoms with E-state index in [1.807, 2.05) is 18.2 Å². The van der Waals surface area contributed by atoms with Gasteiger partial charge in [-0.1, -0.05) is 29.8 Å². The average molecular weight is 476 g/mol. The van der Waals surface area contributed by atoms with Crippen LogP contribution in [0.15, 0.2) is 60.7 Å². The van der Waals surface area contributed by atoms with E-state index in [1.54, 1.807) is 50.4 Å². The number of hydrogen-bond acceptors (Lipinski definition) is 5. The van der Waals surface area contributed by atoms with E-state index in [1.165, 1.54) is 6.07 Å². The minimum Gasteiger partial charge on any atom is -0.497 e.